The summed E-state index contributed by atoms with van der Waals surface area (Å²) < 4.78 is 39.3. The van der Waals surface area contributed by atoms with Crippen LogP contribution in [0.15, 0.2) is 30.5 Å². The van der Waals surface area contributed by atoms with E-state index in [0.29, 0.717) is 17.7 Å². The average molecular weight is 433 g/mol. The maximum atomic E-state index is 14.4. The van der Waals surface area contributed by atoms with Gasteiger partial charge in [0.15, 0.2) is 11.6 Å². The summed E-state index contributed by atoms with van der Waals surface area (Å²) in [6.45, 7) is 5.92. The number of rotatable bonds is 5. The highest BCUT2D eigenvalue weighted by atomic mass is 19.2. The van der Waals surface area contributed by atoms with Gasteiger partial charge in [-0.15, -0.1) is 0 Å². The third kappa shape index (κ3) is 4.66. The smallest absolute Gasteiger partial charge is 0.267 e. The Bertz CT molecular complexity index is 1010. The highest BCUT2D eigenvalue weighted by Crippen LogP contribution is 2.45. The number of nitrogens with one attached hydrogen (secondary N) is 1. The predicted octanol–water partition coefficient (Wildman–Crippen LogP) is 3.39. The average Bonchev–Trinajstić information content (AvgIpc) is 3.16. The molecule has 0 aliphatic carbocycles. The fourth-order valence-corrected chi connectivity index (χ4v) is 3.68. The zero-order chi connectivity index (χ0) is 22.9. The number of aromatic nitrogens is 1. The molecule has 3 N–H and O–H groups in total. The molecule has 1 aromatic heterocycles. The van der Waals surface area contributed by atoms with Gasteiger partial charge < -0.3 is 20.5 Å². The van der Waals surface area contributed by atoms with Crippen molar-refractivity contribution in [1.29, 1.82) is 0 Å². The summed E-state index contributed by atoms with van der Waals surface area (Å²) in [5.74, 6) is -4.20. The number of primary amides is 1. The van der Waals surface area contributed by atoms with Crippen LogP contribution in [-0.2, 0) is 9.53 Å². The minimum absolute atomic E-state index is 0.00321. The number of hydrogen-bond donors (Lipinski definition) is 2. The normalized spacial score (nSPS) is 21.0. The van der Waals surface area contributed by atoms with Crippen molar-refractivity contribution in [2.24, 2.45) is 11.1 Å². The minimum atomic E-state index is -1.11. The lowest BCUT2D eigenvalue weighted by atomic mass is 9.82. The van der Waals surface area contributed by atoms with Gasteiger partial charge in [-0.05, 0) is 30.0 Å². The van der Waals surface area contributed by atoms with Gasteiger partial charge in [-0.25, -0.2) is 4.39 Å². The molecule has 1 aliphatic rings. The number of carbonyl (C=O) groups excluding carboxylic acids is 2. The molecular formula is C22H25F2N3O4. The lowest BCUT2D eigenvalue weighted by Crippen LogP contribution is -2.34. The van der Waals surface area contributed by atoms with Crippen LogP contribution in [-0.4, -0.2) is 36.1 Å². The Morgan fingerprint density at radius 3 is 2.58 bits per heavy atom. The van der Waals surface area contributed by atoms with Crippen LogP contribution in [0.1, 0.15) is 49.2 Å². The van der Waals surface area contributed by atoms with Crippen LogP contribution >= 0.6 is 0 Å². The maximum absolute atomic E-state index is 14.4. The molecule has 2 heterocycles. The second-order valence-electron chi connectivity index (χ2n) is 8.52. The Kier molecular flexibility index (Phi) is 6.26. The van der Waals surface area contributed by atoms with Crippen molar-refractivity contribution in [3.63, 3.8) is 0 Å². The highest BCUT2D eigenvalue weighted by molar-refractivity contribution is 5.97. The molecule has 0 radical (unpaired) electrons. The summed E-state index contributed by atoms with van der Waals surface area (Å²) in [5, 5.41) is 2.69. The molecule has 3 unspecified atom stereocenters. The molecule has 1 saturated heterocycles. The summed E-state index contributed by atoms with van der Waals surface area (Å²) in [7, 11) is 1.25. The van der Waals surface area contributed by atoms with Crippen molar-refractivity contribution < 1.29 is 27.8 Å². The molecule has 3 rings (SSSR count). The van der Waals surface area contributed by atoms with E-state index in [1.807, 2.05) is 20.8 Å². The number of carbonyl (C=O) groups is 2. The number of ether oxygens (including phenoxy) is 2. The second-order valence-corrected chi connectivity index (χ2v) is 8.52. The Morgan fingerprint density at radius 1 is 1.26 bits per heavy atom. The SMILES string of the molecule is COc1c(C2CC(C(C)(C)C)OC2C(=O)Nc2ccnc(C(N)=O)c2)ccc(F)c1F. The zero-order valence-electron chi connectivity index (χ0n) is 17.7. The monoisotopic (exact) mass is 433 g/mol. The molecule has 166 valence electrons. The number of amides is 2. The van der Waals surface area contributed by atoms with Crippen molar-refractivity contribution in [2.45, 2.75) is 45.3 Å². The Hall–Kier alpha value is -3.07. The molecule has 1 fully saturated rings. The number of methoxy groups -OCH3 is 1. The Morgan fingerprint density at radius 2 is 1.97 bits per heavy atom. The number of hydrogen-bond acceptors (Lipinski definition) is 5. The molecule has 9 heteroatoms. The van der Waals surface area contributed by atoms with Crippen molar-refractivity contribution >= 4 is 17.5 Å². The third-order valence-corrected chi connectivity index (χ3v) is 5.33. The minimum Gasteiger partial charge on any atom is -0.493 e. The van der Waals surface area contributed by atoms with Gasteiger partial charge in [0.1, 0.15) is 11.8 Å². The molecule has 2 aromatic rings. The van der Waals surface area contributed by atoms with E-state index in [4.69, 9.17) is 15.2 Å². The van der Waals surface area contributed by atoms with Gasteiger partial charge in [-0.1, -0.05) is 26.8 Å². The van der Waals surface area contributed by atoms with E-state index in [1.165, 1.54) is 31.5 Å². The van der Waals surface area contributed by atoms with Crippen molar-refractivity contribution in [3.8, 4) is 5.75 Å². The summed E-state index contributed by atoms with van der Waals surface area (Å²) in [6.07, 6.45) is 0.447. The molecule has 1 aliphatic heterocycles. The second kappa shape index (κ2) is 8.58. The summed E-state index contributed by atoms with van der Waals surface area (Å²) in [6, 6.07) is 5.28. The van der Waals surface area contributed by atoms with Gasteiger partial charge in [-0.3, -0.25) is 14.6 Å². The van der Waals surface area contributed by atoms with Crippen molar-refractivity contribution in [2.75, 3.05) is 12.4 Å². The van der Waals surface area contributed by atoms with Crippen LogP contribution in [0.4, 0.5) is 14.5 Å². The lowest BCUT2D eigenvalue weighted by Gasteiger charge is -2.26. The number of benzene rings is 1. The molecular weight excluding hydrogens is 408 g/mol. The Labute approximate surface area is 178 Å². The first-order chi connectivity index (χ1) is 14.5. The fraction of sp³-hybridized carbons (Fsp3) is 0.409. The van der Waals surface area contributed by atoms with E-state index in [-0.39, 0.29) is 23.0 Å². The van der Waals surface area contributed by atoms with E-state index in [0.717, 1.165) is 6.07 Å². The summed E-state index contributed by atoms with van der Waals surface area (Å²) >= 11 is 0. The van der Waals surface area contributed by atoms with Crippen LogP contribution < -0.4 is 15.8 Å². The molecule has 0 spiro atoms. The number of nitrogens with two attached hydrogens (primary N) is 1. The van der Waals surface area contributed by atoms with Gasteiger partial charge in [0, 0.05) is 23.4 Å². The van der Waals surface area contributed by atoms with E-state index >= 15 is 0 Å². The van der Waals surface area contributed by atoms with Crippen LogP contribution in [0, 0.1) is 17.0 Å². The molecule has 1 aromatic carbocycles. The van der Waals surface area contributed by atoms with Crippen LogP contribution in [0.5, 0.6) is 5.75 Å². The first-order valence-corrected chi connectivity index (χ1v) is 9.77. The maximum Gasteiger partial charge on any atom is 0.267 e. The third-order valence-electron chi connectivity index (χ3n) is 5.33. The van der Waals surface area contributed by atoms with Crippen molar-refractivity contribution in [1.82, 2.24) is 4.98 Å². The summed E-state index contributed by atoms with van der Waals surface area (Å²) in [5.41, 5.74) is 5.60. The number of nitrogens with zero attached hydrogens (tertiary/aromatic N) is 1. The van der Waals surface area contributed by atoms with Crippen LogP contribution in [0.25, 0.3) is 0 Å². The lowest BCUT2D eigenvalue weighted by molar-refractivity contribution is -0.129. The molecule has 7 nitrogen and oxygen atoms in total. The Balaban J connectivity index is 1.96. The molecule has 0 saturated carbocycles. The van der Waals surface area contributed by atoms with Gasteiger partial charge in [0.25, 0.3) is 11.8 Å². The fourth-order valence-electron chi connectivity index (χ4n) is 3.68. The first-order valence-electron chi connectivity index (χ1n) is 9.77. The topological polar surface area (TPSA) is 104 Å². The van der Waals surface area contributed by atoms with Crippen LogP contribution in [0.3, 0.4) is 0 Å². The van der Waals surface area contributed by atoms with E-state index in [9.17, 15) is 18.4 Å². The standard InChI is InChI=1S/C22H25F2N3O4/c1-22(2,3)16-10-13(12-5-6-14(23)17(24)18(12)30-4)19(31-16)21(29)27-11-7-8-26-15(9-11)20(25)28/h5-9,13,16,19H,10H2,1-4H3,(H2,25,28)(H,26,27,29). The number of pyridine rings is 1. The number of anilines is 1. The first kappa shape index (κ1) is 22.6. The van der Waals surface area contributed by atoms with Gasteiger partial charge >= 0.3 is 0 Å². The predicted molar refractivity (Wildman–Crippen MR) is 110 cm³/mol. The highest BCUT2D eigenvalue weighted by Gasteiger charge is 2.46. The molecule has 31 heavy (non-hydrogen) atoms. The number of halogens is 2. The van der Waals surface area contributed by atoms with E-state index < -0.39 is 35.5 Å². The van der Waals surface area contributed by atoms with E-state index in [1.54, 1.807) is 0 Å². The summed E-state index contributed by atoms with van der Waals surface area (Å²) in [4.78, 5) is 28.3. The zero-order valence-corrected chi connectivity index (χ0v) is 17.7. The van der Waals surface area contributed by atoms with Gasteiger partial charge in [0.05, 0.1) is 13.2 Å². The van der Waals surface area contributed by atoms with Gasteiger partial charge in [-0.2, -0.15) is 4.39 Å². The van der Waals surface area contributed by atoms with Crippen molar-refractivity contribution in [3.05, 3.63) is 53.4 Å². The molecule has 0 bridgehead atoms. The van der Waals surface area contributed by atoms with Gasteiger partial charge in [0.2, 0.25) is 5.82 Å². The molecule has 3 atom stereocenters. The largest absolute Gasteiger partial charge is 0.493 e. The molecule has 2 amide bonds. The van der Waals surface area contributed by atoms with Crippen LogP contribution in [0.2, 0.25) is 0 Å². The van der Waals surface area contributed by atoms with E-state index in [2.05, 4.69) is 10.3 Å². The quantitative estimate of drug-likeness (QED) is 0.752.